The molecule has 110 valence electrons. The average molecular weight is 278 g/mol. The Morgan fingerprint density at radius 2 is 1.22 bits per heavy atom. The molecule has 0 aliphatic rings. The Kier molecular flexibility index (Phi) is 11.9. The summed E-state index contributed by atoms with van der Waals surface area (Å²) < 4.78 is 28.0. The summed E-state index contributed by atoms with van der Waals surface area (Å²) in [6.45, 7) is 4.67. The normalized spacial score (nSPS) is 11.9. The maximum absolute atomic E-state index is 11.5. The first-order valence-corrected chi connectivity index (χ1v) is 9.07. The van der Waals surface area contributed by atoms with Gasteiger partial charge >= 0.3 is 0 Å². The Balaban J connectivity index is 3.43. The second-order valence-corrected chi connectivity index (χ2v) is 6.67. The van der Waals surface area contributed by atoms with E-state index in [9.17, 15) is 8.42 Å². The third-order valence-corrected chi connectivity index (χ3v) is 4.32. The predicted molar refractivity (Wildman–Crippen MR) is 77.3 cm³/mol. The first-order chi connectivity index (χ1) is 8.62. The molecule has 0 saturated heterocycles. The molecule has 0 aromatic rings. The van der Waals surface area contributed by atoms with Gasteiger partial charge in [-0.25, -0.2) is 0 Å². The highest BCUT2D eigenvalue weighted by molar-refractivity contribution is 7.86. The van der Waals surface area contributed by atoms with Gasteiger partial charge in [0, 0.05) is 0 Å². The van der Waals surface area contributed by atoms with Gasteiger partial charge in [0.15, 0.2) is 0 Å². The van der Waals surface area contributed by atoms with E-state index in [4.69, 9.17) is 4.18 Å². The molecule has 0 rings (SSSR count). The molecule has 0 N–H and O–H groups in total. The zero-order valence-electron chi connectivity index (χ0n) is 12.1. The summed E-state index contributed by atoms with van der Waals surface area (Å²) in [7, 11) is -3.26. The van der Waals surface area contributed by atoms with Crippen LogP contribution in [0.2, 0.25) is 0 Å². The Morgan fingerprint density at radius 1 is 0.722 bits per heavy atom. The molecule has 0 spiro atoms. The molecule has 4 heteroatoms. The fourth-order valence-corrected chi connectivity index (χ4v) is 2.88. The molecule has 18 heavy (non-hydrogen) atoms. The van der Waals surface area contributed by atoms with Crippen LogP contribution in [0.4, 0.5) is 0 Å². The van der Waals surface area contributed by atoms with Crippen molar-refractivity contribution in [3.8, 4) is 0 Å². The molecule has 0 fully saturated rings. The summed E-state index contributed by atoms with van der Waals surface area (Å²) in [5.74, 6) is 0.187. The largest absolute Gasteiger partial charge is 0.270 e. The van der Waals surface area contributed by atoms with Crippen molar-refractivity contribution < 1.29 is 12.6 Å². The third kappa shape index (κ3) is 12.4. The first kappa shape index (κ1) is 17.9. The van der Waals surface area contributed by atoms with Crippen LogP contribution in [0.3, 0.4) is 0 Å². The minimum atomic E-state index is -3.26. The molecule has 0 unspecified atom stereocenters. The summed E-state index contributed by atoms with van der Waals surface area (Å²) in [5.41, 5.74) is 0. The van der Waals surface area contributed by atoms with E-state index in [0.717, 1.165) is 44.9 Å². The third-order valence-electron chi connectivity index (χ3n) is 3.01. The lowest BCUT2D eigenvalue weighted by Crippen LogP contribution is -2.11. The molecule has 0 aliphatic heterocycles. The lowest BCUT2D eigenvalue weighted by Gasteiger charge is -2.05. The van der Waals surface area contributed by atoms with E-state index in [2.05, 4.69) is 13.8 Å². The van der Waals surface area contributed by atoms with E-state index in [1.54, 1.807) is 0 Å². The van der Waals surface area contributed by atoms with Crippen molar-refractivity contribution in [3.63, 3.8) is 0 Å². The highest BCUT2D eigenvalue weighted by Crippen LogP contribution is 2.08. The number of hydrogen-bond donors (Lipinski definition) is 0. The van der Waals surface area contributed by atoms with E-state index in [1.165, 1.54) is 19.3 Å². The van der Waals surface area contributed by atoms with Crippen molar-refractivity contribution in [1.82, 2.24) is 0 Å². The number of unbranched alkanes of at least 4 members (excludes halogenated alkanes) is 8. The predicted octanol–water partition coefficient (Wildman–Crippen LogP) is 4.27. The SMILES string of the molecule is CCCCCCCCS(=O)(=O)OCCCCCC. The van der Waals surface area contributed by atoms with Gasteiger partial charge in [0.05, 0.1) is 12.4 Å². The van der Waals surface area contributed by atoms with Gasteiger partial charge in [0.1, 0.15) is 0 Å². The van der Waals surface area contributed by atoms with Crippen molar-refractivity contribution in [1.29, 1.82) is 0 Å². The Bertz CT molecular complexity index is 260. The minimum absolute atomic E-state index is 0.187. The molecular formula is C14H30O3S. The average Bonchev–Trinajstić information content (AvgIpc) is 2.33. The van der Waals surface area contributed by atoms with Crippen LogP contribution in [-0.2, 0) is 14.3 Å². The van der Waals surface area contributed by atoms with Crippen LogP contribution in [0, 0.1) is 0 Å². The second kappa shape index (κ2) is 12.0. The van der Waals surface area contributed by atoms with Crippen LogP contribution >= 0.6 is 0 Å². The molecule has 3 nitrogen and oxygen atoms in total. The van der Waals surface area contributed by atoms with Gasteiger partial charge in [-0.3, -0.25) is 4.18 Å². The maximum Gasteiger partial charge on any atom is 0.267 e. The smallest absolute Gasteiger partial charge is 0.267 e. The van der Waals surface area contributed by atoms with Crippen molar-refractivity contribution >= 4 is 10.1 Å². The quantitative estimate of drug-likeness (QED) is 0.373. The lowest BCUT2D eigenvalue weighted by molar-refractivity contribution is 0.306. The Morgan fingerprint density at radius 3 is 1.83 bits per heavy atom. The molecule has 0 heterocycles. The van der Waals surface area contributed by atoms with Crippen LogP contribution in [0.25, 0.3) is 0 Å². The highest BCUT2D eigenvalue weighted by atomic mass is 32.2. The van der Waals surface area contributed by atoms with Crippen molar-refractivity contribution in [2.24, 2.45) is 0 Å². The van der Waals surface area contributed by atoms with Crippen LogP contribution in [0.1, 0.15) is 78.1 Å². The summed E-state index contributed by atoms with van der Waals surface area (Å²) in [6, 6.07) is 0. The number of hydrogen-bond acceptors (Lipinski definition) is 3. The summed E-state index contributed by atoms with van der Waals surface area (Å²) in [6.07, 6.45) is 10.8. The van der Waals surface area contributed by atoms with E-state index in [-0.39, 0.29) is 5.75 Å². The zero-order chi connectivity index (χ0) is 13.7. The molecule has 0 aliphatic carbocycles. The van der Waals surface area contributed by atoms with Gasteiger partial charge in [-0.15, -0.1) is 0 Å². The number of rotatable bonds is 13. The van der Waals surface area contributed by atoms with Gasteiger partial charge < -0.3 is 0 Å². The van der Waals surface area contributed by atoms with Crippen molar-refractivity contribution in [2.75, 3.05) is 12.4 Å². The van der Waals surface area contributed by atoms with Gasteiger partial charge in [0.25, 0.3) is 10.1 Å². The van der Waals surface area contributed by atoms with Gasteiger partial charge in [-0.05, 0) is 12.8 Å². The Labute approximate surface area is 113 Å². The van der Waals surface area contributed by atoms with Crippen molar-refractivity contribution in [2.45, 2.75) is 78.1 Å². The molecular weight excluding hydrogens is 248 g/mol. The van der Waals surface area contributed by atoms with Crippen molar-refractivity contribution in [3.05, 3.63) is 0 Å². The van der Waals surface area contributed by atoms with Crippen LogP contribution in [0.15, 0.2) is 0 Å². The van der Waals surface area contributed by atoms with E-state index < -0.39 is 10.1 Å². The summed E-state index contributed by atoms with van der Waals surface area (Å²) in [4.78, 5) is 0. The maximum atomic E-state index is 11.5. The molecule has 0 saturated carbocycles. The van der Waals surface area contributed by atoms with Crippen LogP contribution < -0.4 is 0 Å². The lowest BCUT2D eigenvalue weighted by atomic mass is 10.1. The zero-order valence-corrected chi connectivity index (χ0v) is 12.9. The van der Waals surface area contributed by atoms with Gasteiger partial charge in [-0.2, -0.15) is 8.42 Å². The first-order valence-electron chi connectivity index (χ1n) is 7.49. The van der Waals surface area contributed by atoms with Crippen LogP contribution in [0.5, 0.6) is 0 Å². The molecule has 0 aromatic carbocycles. The summed E-state index contributed by atoms with van der Waals surface area (Å²) >= 11 is 0. The molecule has 0 atom stereocenters. The molecule has 0 aromatic heterocycles. The van der Waals surface area contributed by atoms with Gasteiger partial charge in [-0.1, -0.05) is 65.2 Å². The minimum Gasteiger partial charge on any atom is -0.270 e. The second-order valence-electron chi connectivity index (χ2n) is 4.91. The standard InChI is InChI=1S/C14H30O3S/c1-3-5-7-9-10-12-14-18(15,16)17-13-11-8-6-4-2/h3-14H2,1-2H3. The van der Waals surface area contributed by atoms with E-state index in [1.807, 2.05) is 0 Å². The highest BCUT2D eigenvalue weighted by Gasteiger charge is 2.09. The fraction of sp³-hybridized carbons (Fsp3) is 1.00. The Hall–Kier alpha value is -0.0900. The summed E-state index contributed by atoms with van der Waals surface area (Å²) in [5, 5.41) is 0. The van der Waals surface area contributed by atoms with E-state index >= 15 is 0 Å². The van der Waals surface area contributed by atoms with E-state index in [0.29, 0.717) is 6.61 Å². The topological polar surface area (TPSA) is 43.4 Å². The molecule has 0 radical (unpaired) electrons. The molecule has 0 amide bonds. The monoisotopic (exact) mass is 278 g/mol. The van der Waals surface area contributed by atoms with Crippen LogP contribution in [-0.4, -0.2) is 20.8 Å². The van der Waals surface area contributed by atoms with Gasteiger partial charge in [0.2, 0.25) is 0 Å². The molecule has 0 bridgehead atoms. The fourth-order valence-electron chi connectivity index (χ4n) is 1.83.